The maximum absolute atomic E-state index is 12.7. The number of fused-ring (bicyclic) bond motifs is 1. The highest BCUT2D eigenvalue weighted by atomic mass is 16.2. The lowest BCUT2D eigenvalue weighted by Crippen LogP contribution is -2.33. The molecule has 1 amide bonds. The Bertz CT molecular complexity index is 851. The predicted octanol–water partition coefficient (Wildman–Crippen LogP) is 1.57. The molecule has 3 rings (SSSR count). The van der Waals surface area contributed by atoms with Gasteiger partial charge in [-0.3, -0.25) is 9.89 Å². The quantitative estimate of drug-likeness (QED) is 0.635. The van der Waals surface area contributed by atoms with Gasteiger partial charge in [0.1, 0.15) is 17.7 Å². The van der Waals surface area contributed by atoms with Crippen LogP contribution in [0.15, 0.2) is 24.3 Å². The molecule has 8 nitrogen and oxygen atoms in total. The number of hydrogen-bond donors (Lipinski definition) is 3. The molecular formula is C16H21N7O. The monoisotopic (exact) mass is 327 g/mol. The normalized spacial score (nSPS) is 12.4. The zero-order chi connectivity index (χ0) is 17.1. The van der Waals surface area contributed by atoms with Gasteiger partial charge in [-0.05, 0) is 18.6 Å². The Morgan fingerprint density at radius 3 is 2.79 bits per heavy atom. The first kappa shape index (κ1) is 16.0. The van der Waals surface area contributed by atoms with Crippen LogP contribution in [-0.4, -0.2) is 30.6 Å². The number of anilines is 1. The summed E-state index contributed by atoms with van der Waals surface area (Å²) in [6.45, 7) is 4.29. The summed E-state index contributed by atoms with van der Waals surface area (Å²) in [5.41, 5.74) is 7.35. The van der Waals surface area contributed by atoms with Crippen molar-refractivity contribution in [1.29, 1.82) is 0 Å². The number of carbonyl (C=O) groups excluding carboxylic acids is 1. The first-order valence-corrected chi connectivity index (χ1v) is 8.04. The van der Waals surface area contributed by atoms with Crippen LogP contribution in [0.5, 0.6) is 0 Å². The Balaban J connectivity index is 1.86. The van der Waals surface area contributed by atoms with E-state index in [1.807, 2.05) is 42.7 Å². The molecule has 0 aliphatic carbocycles. The molecule has 0 radical (unpaired) electrons. The van der Waals surface area contributed by atoms with E-state index in [1.54, 1.807) is 0 Å². The van der Waals surface area contributed by atoms with Crippen LogP contribution in [0.1, 0.15) is 38.0 Å². The number of aromatic amines is 1. The van der Waals surface area contributed by atoms with Gasteiger partial charge < -0.3 is 15.6 Å². The van der Waals surface area contributed by atoms with Crippen molar-refractivity contribution in [3.05, 3.63) is 35.9 Å². The van der Waals surface area contributed by atoms with E-state index < -0.39 is 0 Å². The zero-order valence-corrected chi connectivity index (χ0v) is 13.8. The first-order valence-electron chi connectivity index (χ1n) is 8.04. The molecule has 0 spiro atoms. The van der Waals surface area contributed by atoms with E-state index in [9.17, 15) is 4.79 Å². The van der Waals surface area contributed by atoms with E-state index in [4.69, 9.17) is 5.73 Å². The smallest absolute Gasteiger partial charge is 0.243 e. The number of carbonyl (C=O) groups is 1. The topological polar surface area (TPSA) is 115 Å². The Hall–Kier alpha value is -2.90. The fourth-order valence-electron chi connectivity index (χ4n) is 2.85. The van der Waals surface area contributed by atoms with Gasteiger partial charge in [-0.1, -0.05) is 26.0 Å². The van der Waals surface area contributed by atoms with Gasteiger partial charge in [0.2, 0.25) is 11.9 Å². The second-order valence-corrected chi connectivity index (χ2v) is 5.52. The van der Waals surface area contributed by atoms with Gasteiger partial charge in [-0.2, -0.15) is 4.98 Å². The molecule has 0 saturated heterocycles. The minimum Gasteiger partial charge on any atom is -0.367 e. The average molecular weight is 327 g/mol. The van der Waals surface area contributed by atoms with Crippen molar-refractivity contribution in [1.82, 2.24) is 30.0 Å². The molecule has 24 heavy (non-hydrogen) atoms. The van der Waals surface area contributed by atoms with E-state index in [0.29, 0.717) is 12.2 Å². The first-order chi connectivity index (χ1) is 11.6. The van der Waals surface area contributed by atoms with Crippen LogP contribution in [0, 0.1) is 0 Å². The number of amides is 1. The number of nitrogens with one attached hydrogen (secondary N) is 2. The second-order valence-electron chi connectivity index (χ2n) is 5.52. The number of benzene rings is 1. The molecule has 0 fully saturated rings. The van der Waals surface area contributed by atoms with Crippen molar-refractivity contribution in [2.45, 2.75) is 39.3 Å². The summed E-state index contributed by atoms with van der Waals surface area (Å²) in [5, 5.41) is 9.33. The van der Waals surface area contributed by atoms with Crippen molar-refractivity contribution < 1.29 is 4.79 Å². The third-order valence-corrected chi connectivity index (χ3v) is 3.97. The van der Waals surface area contributed by atoms with E-state index >= 15 is 0 Å². The van der Waals surface area contributed by atoms with Crippen LogP contribution in [0.2, 0.25) is 0 Å². The number of imidazole rings is 1. The number of rotatable bonds is 6. The molecule has 4 N–H and O–H groups in total. The second kappa shape index (κ2) is 6.69. The molecule has 126 valence electrons. The molecule has 8 heteroatoms. The number of aromatic nitrogens is 5. The van der Waals surface area contributed by atoms with E-state index in [1.165, 1.54) is 0 Å². The lowest BCUT2D eigenvalue weighted by atomic mass is 10.2. The van der Waals surface area contributed by atoms with Gasteiger partial charge >= 0.3 is 0 Å². The summed E-state index contributed by atoms with van der Waals surface area (Å²) >= 11 is 0. The summed E-state index contributed by atoms with van der Waals surface area (Å²) in [6, 6.07) is 7.55. The Kier molecular flexibility index (Phi) is 4.45. The fraction of sp³-hybridized carbons (Fsp3) is 0.375. The Morgan fingerprint density at radius 1 is 1.33 bits per heavy atom. The molecule has 1 atom stereocenters. The number of para-hydroxylation sites is 2. The molecule has 0 bridgehead atoms. The molecule has 2 heterocycles. The number of H-pyrrole nitrogens is 1. The Labute approximate surface area is 139 Å². The van der Waals surface area contributed by atoms with E-state index in [-0.39, 0.29) is 24.4 Å². The predicted molar refractivity (Wildman–Crippen MR) is 91.1 cm³/mol. The largest absolute Gasteiger partial charge is 0.367 e. The number of nitrogens with zero attached hydrogens (tertiary/aromatic N) is 4. The molecule has 0 saturated carbocycles. The van der Waals surface area contributed by atoms with Crippen molar-refractivity contribution in [3.63, 3.8) is 0 Å². The van der Waals surface area contributed by atoms with Crippen molar-refractivity contribution in [2.24, 2.45) is 0 Å². The Morgan fingerprint density at radius 2 is 2.12 bits per heavy atom. The SMILES string of the molecule is CCc1nc2ccccc2n1[C@@H](CC)C(=O)NCc1nc(N)n[nH]1. The van der Waals surface area contributed by atoms with Gasteiger partial charge in [0.05, 0.1) is 17.6 Å². The molecule has 0 aliphatic heterocycles. The standard InChI is InChI=1S/C16H21N7O/c1-3-11(15(24)18-9-13-20-16(17)22-21-13)23-12-8-6-5-7-10(12)19-14(23)4-2/h5-8,11H,3-4,9H2,1-2H3,(H,18,24)(H3,17,20,21,22)/t11-/m0/s1. The maximum Gasteiger partial charge on any atom is 0.243 e. The summed E-state index contributed by atoms with van der Waals surface area (Å²) in [5.74, 6) is 1.52. The molecule has 1 aromatic carbocycles. The van der Waals surface area contributed by atoms with Gasteiger partial charge in [0, 0.05) is 6.42 Å². The highest BCUT2D eigenvalue weighted by molar-refractivity contribution is 5.84. The van der Waals surface area contributed by atoms with Crippen molar-refractivity contribution in [3.8, 4) is 0 Å². The van der Waals surface area contributed by atoms with Crippen LogP contribution in [0.4, 0.5) is 5.95 Å². The van der Waals surface area contributed by atoms with Crippen LogP contribution in [0.3, 0.4) is 0 Å². The minimum absolute atomic E-state index is 0.0784. The molecular weight excluding hydrogens is 306 g/mol. The average Bonchev–Trinajstić information content (AvgIpc) is 3.17. The lowest BCUT2D eigenvalue weighted by Gasteiger charge is -2.19. The molecule has 3 aromatic rings. The zero-order valence-electron chi connectivity index (χ0n) is 13.8. The summed E-state index contributed by atoms with van der Waals surface area (Å²) in [4.78, 5) is 21.3. The van der Waals surface area contributed by atoms with Gasteiger partial charge in [0.25, 0.3) is 0 Å². The van der Waals surface area contributed by atoms with Crippen LogP contribution >= 0.6 is 0 Å². The van der Waals surface area contributed by atoms with Crippen LogP contribution in [0.25, 0.3) is 11.0 Å². The maximum atomic E-state index is 12.7. The molecule has 2 aromatic heterocycles. The number of aryl methyl sites for hydroxylation is 1. The lowest BCUT2D eigenvalue weighted by molar-refractivity contribution is -0.124. The van der Waals surface area contributed by atoms with Crippen LogP contribution < -0.4 is 11.1 Å². The van der Waals surface area contributed by atoms with Gasteiger partial charge in [0.15, 0.2) is 0 Å². The van der Waals surface area contributed by atoms with Crippen LogP contribution in [-0.2, 0) is 17.8 Å². The third kappa shape index (κ3) is 2.94. The number of nitrogens with two attached hydrogens (primary N) is 1. The summed E-state index contributed by atoms with van der Waals surface area (Å²) in [6.07, 6.45) is 1.43. The van der Waals surface area contributed by atoms with Gasteiger partial charge in [-0.15, -0.1) is 5.10 Å². The highest BCUT2D eigenvalue weighted by Gasteiger charge is 2.23. The van der Waals surface area contributed by atoms with Gasteiger partial charge in [-0.25, -0.2) is 4.98 Å². The number of nitrogen functional groups attached to an aromatic ring is 1. The summed E-state index contributed by atoms with van der Waals surface area (Å²) < 4.78 is 2.03. The van der Waals surface area contributed by atoms with E-state index in [0.717, 1.165) is 23.3 Å². The fourth-order valence-corrected chi connectivity index (χ4v) is 2.85. The number of hydrogen-bond acceptors (Lipinski definition) is 5. The molecule has 0 unspecified atom stereocenters. The summed E-state index contributed by atoms with van der Waals surface area (Å²) in [7, 11) is 0. The molecule has 0 aliphatic rings. The highest BCUT2D eigenvalue weighted by Crippen LogP contribution is 2.24. The minimum atomic E-state index is -0.326. The van der Waals surface area contributed by atoms with Crippen molar-refractivity contribution in [2.75, 3.05) is 5.73 Å². The third-order valence-electron chi connectivity index (χ3n) is 3.97. The van der Waals surface area contributed by atoms with Crippen molar-refractivity contribution >= 4 is 22.9 Å². The van der Waals surface area contributed by atoms with E-state index in [2.05, 4.69) is 25.5 Å².